The third-order valence-electron chi connectivity index (χ3n) is 5.39. The van der Waals surface area contributed by atoms with Gasteiger partial charge in [-0.15, -0.1) is 0 Å². The van der Waals surface area contributed by atoms with Gasteiger partial charge < -0.3 is 55.3 Å². The number of aryl methyl sites for hydroxylation is 1. The van der Waals surface area contributed by atoms with E-state index in [-0.39, 0.29) is 18.9 Å². The van der Waals surface area contributed by atoms with Gasteiger partial charge in [-0.2, -0.15) is 0 Å². The maximum Gasteiger partial charge on any atom is 0.336 e. The van der Waals surface area contributed by atoms with Gasteiger partial charge in [0.2, 0.25) is 12.2 Å². The number of carbonyl (C=O) groups is 1. The van der Waals surface area contributed by atoms with Gasteiger partial charge in [0, 0.05) is 49.9 Å². The lowest BCUT2D eigenvalue weighted by Gasteiger charge is -2.32. The third kappa shape index (κ3) is 11.4. The van der Waals surface area contributed by atoms with Crippen molar-refractivity contribution in [3.05, 3.63) is 40.2 Å². The molecule has 1 aromatic carbocycles. The molecule has 13 nitrogen and oxygen atoms in total. The number of benzene rings is 1. The van der Waals surface area contributed by atoms with Gasteiger partial charge in [-0.05, 0) is 24.6 Å². The van der Waals surface area contributed by atoms with E-state index in [1.807, 2.05) is 26.8 Å². The second kappa shape index (κ2) is 16.9. The highest BCUT2D eigenvalue weighted by molar-refractivity contribution is 5.81. The molecule has 4 rings (SSSR count). The number of aliphatic hydroxyl groups excluding tert-OH is 5. The Labute approximate surface area is 226 Å². The molecule has 220 valence electrons. The fraction of sp³-hybridized carbons (Fsp3) is 0.577. The van der Waals surface area contributed by atoms with Gasteiger partial charge in [-0.25, -0.2) is 4.79 Å². The lowest BCUT2D eigenvalue weighted by Crippen LogP contribution is -2.48. The van der Waals surface area contributed by atoms with Crippen LogP contribution in [0.5, 0.6) is 5.75 Å². The van der Waals surface area contributed by atoms with Crippen LogP contribution in [0, 0.1) is 12.3 Å². The highest BCUT2D eigenvalue weighted by atomic mass is 16.7. The molecule has 0 spiro atoms. The average molecular weight is 557 g/mol. The van der Waals surface area contributed by atoms with Gasteiger partial charge in [0.1, 0.15) is 23.5 Å². The first-order valence-electron chi connectivity index (χ1n) is 12.5. The SMILES string of the molecule is CC.CC(N)=O.Cc1cc(=O)oc2cc(OC3CC(O)CC(CO)O3)ccc12.N=CC1OC(O)CC(O)C1O. The summed E-state index contributed by atoms with van der Waals surface area (Å²) in [6, 6.07) is 6.64. The van der Waals surface area contributed by atoms with E-state index in [9.17, 15) is 14.7 Å². The maximum atomic E-state index is 11.4. The van der Waals surface area contributed by atoms with Crippen LogP contribution in [0.25, 0.3) is 11.0 Å². The third-order valence-corrected chi connectivity index (χ3v) is 5.39. The van der Waals surface area contributed by atoms with Crippen molar-refractivity contribution in [2.24, 2.45) is 5.73 Å². The Hall–Kier alpha value is -2.91. The molecule has 2 aromatic rings. The Bertz CT molecular complexity index is 1090. The van der Waals surface area contributed by atoms with Crippen molar-refractivity contribution in [3.8, 4) is 5.75 Å². The largest absolute Gasteiger partial charge is 0.465 e. The molecular formula is C26H40N2O11. The zero-order valence-corrected chi connectivity index (χ0v) is 22.5. The zero-order valence-electron chi connectivity index (χ0n) is 22.5. The second-order valence-corrected chi connectivity index (χ2v) is 8.65. The fourth-order valence-corrected chi connectivity index (χ4v) is 3.69. The van der Waals surface area contributed by atoms with Gasteiger partial charge in [-0.1, -0.05) is 13.8 Å². The summed E-state index contributed by atoms with van der Waals surface area (Å²) in [5, 5.41) is 53.6. The number of rotatable bonds is 4. The number of ether oxygens (including phenoxy) is 3. The van der Waals surface area contributed by atoms with E-state index in [1.165, 1.54) is 13.0 Å². The van der Waals surface area contributed by atoms with E-state index in [4.69, 9.17) is 44.5 Å². The Morgan fingerprint density at radius 1 is 1.13 bits per heavy atom. The molecule has 2 saturated heterocycles. The predicted octanol–water partition coefficient (Wildman–Crippen LogP) is 0.321. The molecule has 0 saturated carbocycles. The lowest BCUT2D eigenvalue weighted by molar-refractivity contribution is -0.211. The molecule has 1 aromatic heterocycles. The quantitative estimate of drug-likeness (QED) is 0.200. The van der Waals surface area contributed by atoms with Crippen LogP contribution in [-0.4, -0.2) is 87.4 Å². The molecule has 0 bridgehead atoms. The van der Waals surface area contributed by atoms with Crippen molar-refractivity contribution in [2.75, 3.05) is 6.61 Å². The summed E-state index contributed by atoms with van der Waals surface area (Å²) in [6.45, 7) is 6.98. The van der Waals surface area contributed by atoms with E-state index in [0.29, 0.717) is 24.2 Å². The van der Waals surface area contributed by atoms with Crippen molar-refractivity contribution < 1.29 is 49.0 Å². The van der Waals surface area contributed by atoms with E-state index >= 15 is 0 Å². The van der Waals surface area contributed by atoms with Crippen LogP contribution < -0.4 is 16.1 Å². The molecule has 2 fully saturated rings. The summed E-state index contributed by atoms with van der Waals surface area (Å²) in [6.07, 6.45) is -4.17. The molecule has 13 heteroatoms. The molecule has 2 aliphatic rings. The van der Waals surface area contributed by atoms with Gasteiger partial charge in [0.15, 0.2) is 6.29 Å². The molecule has 0 aliphatic carbocycles. The molecule has 2 aliphatic heterocycles. The van der Waals surface area contributed by atoms with Crippen LogP contribution >= 0.6 is 0 Å². The highest BCUT2D eigenvalue weighted by Crippen LogP contribution is 2.26. The van der Waals surface area contributed by atoms with Gasteiger partial charge in [0.25, 0.3) is 0 Å². The summed E-state index contributed by atoms with van der Waals surface area (Å²) in [7, 11) is 0. The molecular weight excluding hydrogens is 516 g/mol. The fourth-order valence-electron chi connectivity index (χ4n) is 3.69. The van der Waals surface area contributed by atoms with Crippen LogP contribution in [0.4, 0.5) is 0 Å². The average Bonchev–Trinajstić information content (AvgIpc) is 2.86. The number of aliphatic hydroxyl groups is 5. The maximum absolute atomic E-state index is 11.4. The number of primary amides is 1. The smallest absolute Gasteiger partial charge is 0.336 e. The summed E-state index contributed by atoms with van der Waals surface area (Å²) in [4.78, 5) is 20.7. The van der Waals surface area contributed by atoms with Crippen LogP contribution in [0.15, 0.2) is 33.5 Å². The van der Waals surface area contributed by atoms with Crippen molar-refractivity contribution in [1.29, 1.82) is 5.41 Å². The number of fused-ring (bicyclic) bond motifs is 1. The minimum absolute atomic E-state index is 0.00843. The van der Waals surface area contributed by atoms with Crippen LogP contribution in [0.1, 0.15) is 45.6 Å². The Balaban J connectivity index is 0.000000374. The van der Waals surface area contributed by atoms with E-state index in [0.717, 1.165) is 17.2 Å². The monoisotopic (exact) mass is 556 g/mol. The number of hydrogen-bond acceptors (Lipinski definition) is 12. The second-order valence-electron chi connectivity index (χ2n) is 8.65. The number of nitrogens with two attached hydrogens (primary N) is 1. The summed E-state index contributed by atoms with van der Waals surface area (Å²) in [5.74, 6) is 0.150. The Kier molecular flexibility index (Phi) is 14.8. The normalized spacial score (nSPS) is 27.9. The summed E-state index contributed by atoms with van der Waals surface area (Å²) < 4.78 is 21.1. The summed E-state index contributed by atoms with van der Waals surface area (Å²) in [5.41, 5.74) is 5.34. The first kappa shape index (κ1) is 34.1. The van der Waals surface area contributed by atoms with Crippen molar-refractivity contribution in [3.63, 3.8) is 0 Å². The topological polar surface area (TPSA) is 226 Å². The molecule has 0 radical (unpaired) electrons. The minimum atomic E-state index is -1.10. The standard InChI is InChI=1S/C16H18O6.C6H11NO4.C2H5NO.C2H6/c1-9-4-15(19)22-14-7-11(2-3-13(9)14)20-16-6-10(18)5-12(8-17)21-16;7-2-4-6(10)3(8)1-5(9)11-4;1-2(3)4;1-2/h2-4,7,10,12,16-18H,5-6,8H2,1H3;2-10H,1H2;1H3,(H2,3,4);1-2H3. The molecule has 8 N–H and O–H groups in total. The number of hydrogen-bond donors (Lipinski definition) is 7. The predicted molar refractivity (Wildman–Crippen MR) is 141 cm³/mol. The number of amides is 1. The van der Waals surface area contributed by atoms with E-state index in [1.54, 1.807) is 12.1 Å². The van der Waals surface area contributed by atoms with Crippen molar-refractivity contribution in [1.82, 2.24) is 0 Å². The highest BCUT2D eigenvalue weighted by Gasteiger charge is 2.34. The molecule has 7 atom stereocenters. The van der Waals surface area contributed by atoms with Gasteiger partial charge >= 0.3 is 5.63 Å². The first-order chi connectivity index (χ1) is 18.4. The van der Waals surface area contributed by atoms with E-state index in [2.05, 4.69) is 5.73 Å². The van der Waals surface area contributed by atoms with Crippen LogP contribution in [-0.2, 0) is 14.3 Å². The molecule has 7 unspecified atom stereocenters. The van der Waals surface area contributed by atoms with Gasteiger partial charge in [0.05, 0.1) is 24.9 Å². The van der Waals surface area contributed by atoms with Crippen LogP contribution in [0.2, 0.25) is 0 Å². The van der Waals surface area contributed by atoms with E-state index < -0.39 is 48.7 Å². The number of carbonyl (C=O) groups excluding carboxylic acids is 1. The lowest BCUT2D eigenvalue weighted by atomic mass is 10.0. The summed E-state index contributed by atoms with van der Waals surface area (Å²) >= 11 is 0. The Morgan fingerprint density at radius 2 is 1.77 bits per heavy atom. The first-order valence-corrected chi connectivity index (χ1v) is 12.5. The van der Waals surface area contributed by atoms with Crippen molar-refractivity contribution >= 4 is 23.1 Å². The molecule has 3 heterocycles. The van der Waals surface area contributed by atoms with Crippen molar-refractivity contribution in [2.45, 2.75) is 90.1 Å². The zero-order chi connectivity index (χ0) is 29.7. The van der Waals surface area contributed by atoms with Crippen LogP contribution in [0.3, 0.4) is 0 Å². The van der Waals surface area contributed by atoms with Gasteiger partial charge in [-0.3, -0.25) is 4.79 Å². The molecule has 39 heavy (non-hydrogen) atoms. The molecule has 1 amide bonds. The minimum Gasteiger partial charge on any atom is -0.465 e. The number of nitrogens with one attached hydrogen (secondary N) is 1. The Morgan fingerprint density at radius 3 is 2.36 bits per heavy atom.